The maximum absolute atomic E-state index is 5.50. The fourth-order valence-corrected chi connectivity index (χ4v) is 8.61. The van der Waals surface area contributed by atoms with Crippen LogP contribution in [0.15, 0.2) is 158 Å². The fourth-order valence-electron chi connectivity index (χ4n) is 7.54. The zero-order chi connectivity index (χ0) is 34.2. The van der Waals surface area contributed by atoms with Gasteiger partial charge in [-0.05, 0) is 28.3 Å². The molecule has 0 aliphatic heterocycles. The number of fused-ring (bicyclic) bond motifs is 10. The summed E-state index contributed by atoms with van der Waals surface area (Å²) in [5, 5.41) is 9.03. The van der Waals surface area contributed by atoms with Crippen LogP contribution in [0.5, 0.6) is 0 Å². The molecule has 0 saturated carbocycles. The molecule has 0 aliphatic carbocycles. The highest BCUT2D eigenvalue weighted by molar-refractivity contribution is 7.25. The lowest BCUT2D eigenvalue weighted by molar-refractivity contribution is 1.00. The van der Waals surface area contributed by atoms with Gasteiger partial charge in [-0.15, -0.1) is 11.3 Å². The highest BCUT2D eigenvalue weighted by Gasteiger charge is 2.24. The van der Waals surface area contributed by atoms with E-state index in [-0.39, 0.29) is 0 Å². The maximum Gasteiger partial charge on any atom is 0.236 e. The largest absolute Gasteiger partial charge is 0.277 e. The lowest BCUT2D eigenvalue weighted by Gasteiger charge is -2.12. The van der Waals surface area contributed by atoms with Crippen LogP contribution in [0.4, 0.5) is 0 Å². The van der Waals surface area contributed by atoms with Gasteiger partial charge in [0.05, 0.1) is 11.0 Å². The van der Waals surface area contributed by atoms with Crippen LogP contribution in [0.25, 0.3) is 104 Å². The molecule has 0 N–H and O–H groups in total. The SMILES string of the molecule is c1ccc(-c2nc(-c3ccccc3)nc(-c3nc(-n4c5ccc6ccccc6c5c5ccc6ccccc6c54)nc4sc5ccccc5c34)n2)cc1. The quantitative estimate of drug-likeness (QED) is 0.185. The van der Waals surface area contributed by atoms with E-state index < -0.39 is 0 Å². The van der Waals surface area contributed by atoms with Crippen molar-refractivity contribution >= 4 is 75.0 Å². The average molecular weight is 683 g/mol. The number of hydrogen-bond acceptors (Lipinski definition) is 6. The van der Waals surface area contributed by atoms with E-state index in [1.807, 2.05) is 60.7 Å². The van der Waals surface area contributed by atoms with Crippen molar-refractivity contribution in [3.8, 4) is 40.2 Å². The Bertz CT molecular complexity index is 3130. The zero-order valence-electron chi connectivity index (χ0n) is 27.6. The third-order valence-corrected chi connectivity index (χ3v) is 10.9. The molecular weight excluding hydrogens is 657 g/mol. The minimum atomic E-state index is 0.501. The first-order valence-electron chi connectivity index (χ1n) is 17.2. The molecule has 0 bridgehead atoms. The summed E-state index contributed by atoms with van der Waals surface area (Å²) < 4.78 is 3.37. The molecule has 0 aliphatic rings. The Morgan fingerprint density at radius 1 is 0.404 bits per heavy atom. The molecule has 11 aromatic rings. The van der Waals surface area contributed by atoms with Gasteiger partial charge in [0.25, 0.3) is 0 Å². The van der Waals surface area contributed by atoms with Gasteiger partial charge >= 0.3 is 0 Å². The van der Waals surface area contributed by atoms with Gasteiger partial charge in [-0.25, -0.2) is 24.9 Å². The van der Waals surface area contributed by atoms with Gasteiger partial charge in [-0.2, -0.15) is 0 Å². The van der Waals surface area contributed by atoms with Gasteiger partial charge in [0.1, 0.15) is 10.5 Å². The predicted octanol–water partition coefficient (Wildman–Crippen LogP) is 11.4. The second kappa shape index (κ2) is 11.3. The minimum absolute atomic E-state index is 0.501. The molecule has 0 spiro atoms. The fraction of sp³-hybridized carbons (Fsp3) is 0. The third kappa shape index (κ3) is 4.39. The molecule has 242 valence electrons. The van der Waals surface area contributed by atoms with Crippen LogP contribution in [0.1, 0.15) is 0 Å². The topological polar surface area (TPSA) is 69.4 Å². The molecule has 11 rings (SSSR count). The number of hydrogen-bond donors (Lipinski definition) is 0. The highest BCUT2D eigenvalue weighted by atomic mass is 32.1. The van der Waals surface area contributed by atoms with E-state index in [0.717, 1.165) is 58.6 Å². The lowest BCUT2D eigenvalue weighted by atomic mass is 10.0. The summed E-state index contributed by atoms with van der Waals surface area (Å²) in [7, 11) is 0. The van der Waals surface area contributed by atoms with Crippen molar-refractivity contribution in [2.45, 2.75) is 0 Å². The second-order valence-corrected chi connectivity index (χ2v) is 13.9. The summed E-state index contributed by atoms with van der Waals surface area (Å²) in [6.45, 7) is 0. The van der Waals surface area contributed by atoms with Crippen LogP contribution in [0.3, 0.4) is 0 Å². The first kappa shape index (κ1) is 29.0. The summed E-state index contributed by atoms with van der Waals surface area (Å²) in [4.78, 5) is 27.1. The van der Waals surface area contributed by atoms with Crippen LogP contribution in [0.2, 0.25) is 0 Å². The van der Waals surface area contributed by atoms with Crippen molar-refractivity contribution in [1.29, 1.82) is 0 Å². The molecule has 0 atom stereocenters. The standard InChI is InChI=1S/C45H26N6S/c1-3-15-29(16-4-1)41-47-42(30-17-5-2-6-18-30)49-43(48-41)39-38-33-21-11-12-22-36(33)52-44(38)50-45(46-39)51-35-26-24-27-13-7-9-19-31(27)37(35)34-25-23-28-14-8-10-20-32(28)40(34)51/h1-26H. The Balaban J connectivity index is 1.29. The van der Waals surface area contributed by atoms with Gasteiger partial charge in [0.15, 0.2) is 17.5 Å². The Hall–Kier alpha value is -6.83. The first-order valence-corrected chi connectivity index (χ1v) is 18.0. The summed E-state index contributed by atoms with van der Waals surface area (Å²) in [5.41, 5.74) is 4.60. The monoisotopic (exact) mass is 682 g/mol. The second-order valence-electron chi connectivity index (χ2n) is 12.9. The number of aromatic nitrogens is 6. The molecule has 0 radical (unpaired) electrons. The van der Waals surface area contributed by atoms with E-state index >= 15 is 0 Å². The lowest BCUT2D eigenvalue weighted by Crippen LogP contribution is -2.06. The zero-order valence-corrected chi connectivity index (χ0v) is 28.4. The molecule has 0 unspecified atom stereocenters. The molecule has 4 heterocycles. The van der Waals surface area contributed by atoms with Gasteiger partial charge in [-0.3, -0.25) is 4.57 Å². The van der Waals surface area contributed by atoms with Gasteiger partial charge in [0.2, 0.25) is 5.95 Å². The Kier molecular flexibility index (Phi) is 6.32. The Morgan fingerprint density at radius 2 is 0.981 bits per heavy atom. The normalized spacial score (nSPS) is 11.8. The van der Waals surface area contributed by atoms with Crippen LogP contribution >= 0.6 is 11.3 Å². The molecule has 7 aromatic carbocycles. The van der Waals surface area contributed by atoms with E-state index in [4.69, 9.17) is 24.9 Å². The summed E-state index contributed by atoms with van der Waals surface area (Å²) in [6.07, 6.45) is 0. The van der Waals surface area contributed by atoms with Gasteiger partial charge in [-0.1, -0.05) is 146 Å². The smallest absolute Gasteiger partial charge is 0.236 e. The van der Waals surface area contributed by atoms with Crippen LogP contribution in [-0.4, -0.2) is 29.5 Å². The van der Waals surface area contributed by atoms with E-state index in [1.165, 1.54) is 16.2 Å². The van der Waals surface area contributed by atoms with Crippen molar-refractivity contribution in [1.82, 2.24) is 29.5 Å². The highest BCUT2D eigenvalue weighted by Crippen LogP contribution is 2.42. The summed E-state index contributed by atoms with van der Waals surface area (Å²) in [6, 6.07) is 54.5. The predicted molar refractivity (Wildman–Crippen MR) is 214 cm³/mol. The molecular formula is C45H26N6S. The third-order valence-electron chi connectivity index (χ3n) is 9.88. The van der Waals surface area contributed by atoms with Crippen LogP contribution in [0, 0.1) is 0 Å². The Labute approximate surface area is 301 Å². The number of thiophene rings is 1. The molecule has 4 aromatic heterocycles. The molecule has 0 amide bonds. The van der Waals surface area contributed by atoms with E-state index in [0.29, 0.717) is 29.1 Å². The molecule has 7 heteroatoms. The van der Waals surface area contributed by atoms with Crippen molar-refractivity contribution < 1.29 is 0 Å². The number of benzene rings is 7. The molecule has 6 nitrogen and oxygen atoms in total. The van der Waals surface area contributed by atoms with Gasteiger partial charge in [0, 0.05) is 42.8 Å². The minimum Gasteiger partial charge on any atom is -0.277 e. The van der Waals surface area contributed by atoms with Crippen molar-refractivity contribution in [3.05, 3.63) is 158 Å². The van der Waals surface area contributed by atoms with E-state index in [2.05, 4.69) is 102 Å². The molecule has 0 saturated heterocycles. The van der Waals surface area contributed by atoms with Crippen LogP contribution in [-0.2, 0) is 0 Å². The number of nitrogens with zero attached hydrogens (tertiary/aromatic N) is 6. The van der Waals surface area contributed by atoms with Crippen molar-refractivity contribution in [3.63, 3.8) is 0 Å². The van der Waals surface area contributed by atoms with Crippen molar-refractivity contribution in [2.75, 3.05) is 0 Å². The first-order chi connectivity index (χ1) is 25.8. The average Bonchev–Trinajstić information content (AvgIpc) is 3.77. The summed E-state index contributed by atoms with van der Waals surface area (Å²) in [5.74, 6) is 2.25. The molecule has 52 heavy (non-hydrogen) atoms. The van der Waals surface area contributed by atoms with Crippen LogP contribution < -0.4 is 0 Å². The van der Waals surface area contributed by atoms with Crippen molar-refractivity contribution in [2.24, 2.45) is 0 Å². The maximum atomic E-state index is 5.50. The number of rotatable bonds is 4. The van der Waals surface area contributed by atoms with E-state index in [9.17, 15) is 0 Å². The summed E-state index contributed by atoms with van der Waals surface area (Å²) >= 11 is 1.66. The van der Waals surface area contributed by atoms with E-state index in [1.54, 1.807) is 11.3 Å². The Morgan fingerprint density at radius 3 is 1.71 bits per heavy atom. The van der Waals surface area contributed by atoms with Gasteiger partial charge < -0.3 is 0 Å². The molecule has 0 fully saturated rings.